The lowest BCUT2D eigenvalue weighted by Crippen LogP contribution is -2.28. The van der Waals surface area contributed by atoms with Gasteiger partial charge in [-0.15, -0.1) is 0 Å². The zero-order valence-corrected chi connectivity index (χ0v) is 19.9. The zero-order valence-electron chi connectivity index (χ0n) is 19.9. The summed E-state index contributed by atoms with van der Waals surface area (Å²) in [6.07, 6.45) is 3.68. The standard InChI is InChI=1S/C25H25N7O4/c1-33-20-8-4-18(5-9-20)24-27-22(29-35-24)16-31(14-15-32-13-3-12-26-32)17-23-28-25(36-30-23)19-6-10-21(34-2)11-7-19/h3-13H,14-17H2,1-2H3. The molecule has 0 aliphatic heterocycles. The molecule has 11 nitrogen and oxygen atoms in total. The molecule has 0 saturated heterocycles. The maximum Gasteiger partial charge on any atom is 0.257 e. The molecule has 0 unspecified atom stereocenters. The van der Waals surface area contributed by atoms with Gasteiger partial charge < -0.3 is 18.5 Å². The van der Waals surface area contributed by atoms with Crippen molar-refractivity contribution < 1.29 is 18.5 Å². The van der Waals surface area contributed by atoms with E-state index in [1.54, 1.807) is 20.4 Å². The van der Waals surface area contributed by atoms with E-state index in [0.29, 0.717) is 49.6 Å². The van der Waals surface area contributed by atoms with Crippen LogP contribution in [0.2, 0.25) is 0 Å². The summed E-state index contributed by atoms with van der Waals surface area (Å²) in [5.74, 6) is 3.53. The molecule has 3 aromatic heterocycles. The van der Waals surface area contributed by atoms with Crippen molar-refractivity contribution in [2.75, 3.05) is 20.8 Å². The lowest BCUT2D eigenvalue weighted by Gasteiger charge is -2.18. The zero-order chi connectivity index (χ0) is 24.7. The molecule has 0 bridgehead atoms. The minimum Gasteiger partial charge on any atom is -0.497 e. The monoisotopic (exact) mass is 487 g/mol. The summed E-state index contributed by atoms with van der Waals surface area (Å²) < 4.78 is 23.3. The van der Waals surface area contributed by atoms with E-state index in [2.05, 4.69) is 30.3 Å². The SMILES string of the molecule is COc1ccc(-c2nc(CN(CCn3cccn3)Cc3noc(-c4ccc(OC)cc4)n3)no2)cc1. The molecule has 0 atom stereocenters. The first kappa shape index (κ1) is 23.2. The summed E-state index contributed by atoms with van der Waals surface area (Å²) in [6.45, 7) is 2.22. The van der Waals surface area contributed by atoms with Gasteiger partial charge in [0.1, 0.15) is 11.5 Å². The van der Waals surface area contributed by atoms with Crippen LogP contribution in [0, 0.1) is 0 Å². The van der Waals surface area contributed by atoms with Crippen LogP contribution >= 0.6 is 0 Å². The lowest BCUT2D eigenvalue weighted by molar-refractivity contribution is 0.224. The van der Waals surface area contributed by atoms with E-state index in [1.165, 1.54) is 0 Å². The Balaban J connectivity index is 1.30. The predicted octanol–water partition coefficient (Wildman–Crippen LogP) is 3.70. The van der Waals surface area contributed by atoms with Crippen LogP contribution in [0.4, 0.5) is 0 Å². The van der Waals surface area contributed by atoms with Crippen LogP contribution < -0.4 is 9.47 Å². The molecule has 36 heavy (non-hydrogen) atoms. The van der Waals surface area contributed by atoms with Crippen LogP contribution in [0.5, 0.6) is 11.5 Å². The van der Waals surface area contributed by atoms with Crippen molar-refractivity contribution in [3.8, 4) is 34.4 Å². The predicted molar refractivity (Wildman–Crippen MR) is 129 cm³/mol. The van der Waals surface area contributed by atoms with Gasteiger partial charge in [-0.25, -0.2) is 0 Å². The smallest absolute Gasteiger partial charge is 0.257 e. The van der Waals surface area contributed by atoms with Gasteiger partial charge in [0.2, 0.25) is 0 Å². The van der Waals surface area contributed by atoms with Gasteiger partial charge in [0, 0.05) is 30.1 Å². The number of ether oxygens (including phenoxy) is 2. The Morgan fingerprint density at radius 2 is 1.31 bits per heavy atom. The Morgan fingerprint density at radius 3 is 1.75 bits per heavy atom. The quantitative estimate of drug-likeness (QED) is 0.273. The second kappa shape index (κ2) is 10.8. The molecule has 184 valence electrons. The number of aromatic nitrogens is 6. The molecule has 0 fully saturated rings. The largest absolute Gasteiger partial charge is 0.497 e. The molecule has 0 N–H and O–H groups in total. The van der Waals surface area contributed by atoms with E-state index in [-0.39, 0.29) is 0 Å². The summed E-state index contributed by atoms with van der Waals surface area (Å²) in [4.78, 5) is 11.3. The summed E-state index contributed by atoms with van der Waals surface area (Å²) in [6, 6.07) is 16.8. The van der Waals surface area contributed by atoms with Crippen molar-refractivity contribution in [1.82, 2.24) is 35.0 Å². The highest BCUT2D eigenvalue weighted by atomic mass is 16.5. The molecule has 5 aromatic rings. The Morgan fingerprint density at radius 1 is 0.778 bits per heavy atom. The van der Waals surface area contributed by atoms with Gasteiger partial charge in [0.05, 0.1) is 33.9 Å². The van der Waals surface area contributed by atoms with Crippen molar-refractivity contribution in [2.45, 2.75) is 19.6 Å². The lowest BCUT2D eigenvalue weighted by atomic mass is 10.2. The Kier molecular flexibility index (Phi) is 6.99. The molecule has 0 spiro atoms. The molecule has 2 aromatic carbocycles. The third-order valence-electron chi connectivity index (χ3n) is 5.54. The molecular weight excluding hydrogens is 462 g/mol. The number of benzene rings is 2. The number of hydrogen-bond donors (Lipinski definition) is 0. The number of methoxy groups -OCH3 is 2. The first-order valence-corrected chi connectivity index (χ1v) is 11.3. The number of hydrogen-bond acceptors (Lipinski definition) is 10. The third kappa shape index (κ3) is 5.58. The summed E-state index contributed by atoms with van der Waals surface area (Å²) in [7, 11) is 3.25. The highest BCUT2D eigenvalue weighted by Gasteiger charge is 2.17. The van der Waals surface area contributed by atoms with E-state index in [1.807, 2.05) is 65.5 Å². The van der Waals surface area contributed by atoms with Crippen molar-refractivity contribution >= 4 is 0 Å². The second-order valence-corrected chi connectivity index (χ2v) is 7.97. The minimum atomic E-state index is 0.438. The number of rotatable bonds is 11. The van der Waals surface area contributed by atoms with Gasteiger partial charge in [-0.1, -0.05) is 10.3 Å². The summed E-state index contributed by atoms with van der Waals surface area (Å²) >= 11 is 0. The Bertz CT molecular complexity index is 1270. The minimum absolute atomic E-state index is 0.438. The highest BCUT2D eigenvalue weighted by molar-refractivity contribution is 5.55. The Labute approximate surface area is 207 Å². The average Bonchev–Trinajstić information content (AvgIpc) is 3.70. The normalized spacial score (nSPS) is 11.2. The van der Waals surface area contributed by atoms with Crippen LogP contribution in [0.25, 0.3) is 22.9 Å². The second-order valence-electron chi connectivity index (χ2n) is 7.97. The third-order valence-corrected chi connectivity index (χ3v) is 5.54. The molecule has 3 heterocycles. The van der Waals surface area contributed by atoms with Crippen LogP contribution in [-0.4, -0.2) is 55.7 Å². The van der Waals surface area contributed by atoms with Gasteiger partial charge >= 0.3 is 0 Å². The van der Waals surface area contributed by atoms with Gasteiger partial charge in [-0.3, -0.25) is 9.58 Å². The topological polar surface area (TPSA) is 117 Å². The van der Waals surface area contributed by atoms with Gasteiger partial charge in [-0.2, -0.15) is 15.1 Å². The van der Waals surface area contributed by atoms with Crippen LogP contribution in [0.15, 0.2) is 76.0 Å². The fourth-order valence-corrected chi connectivity index (χ4v) is 3.63. The molecule has 0 radical (unpaired) electrons. The van der Waals surface area contributed by atoms with Gasteiger partial charge in [-0.05, 0) is 54.6 Å². The van der Waals surface area contributed by atoms with E-state index in [4.69, 9.17) is 18.5 Å². The summed E-state index contributed by atoms with van der Waals surface area (Å²) in [5.41, 5.74) is 1.64. The van der Waals surface area contributed by atoms with Crippen molar-refractivity contribution in [1.29, 1.82) is 0 Å². The molecular formula is C25H25N7O4. The maximum atomic E-state index is 5.50. The molecule has 0 aliphatic carbocycles. The van der Waals surface area contributed by atoms with Crippen LogP contribution in [0.3, 0.4) is 0 Å². The molecule has 5 rings (SSSR count). The first-order chi connectivity index (χ1) is 17.7. The number of nitrogens with zero attached hydrogens (tertiary/aromatic N) is 7. The van der Waals surface area contributed by atoms with E-state index in [0.717, 1.165) is 22.6 Å². The average molecular weight is 488 g/mol. The van der Waals surface area contributed by atoms with Crippen molar-refractivity contribution in [3.05, 3.63) is 78.6 Å². The fourth-order valence-electron chi connectivity index (χ4n) is 3.63. The maximum absolute atomic E-state index is 5.50. The molecule has 0 amide bonds. The molecule has 11 heteroatoms. The highest BCUT2D eigenvalue weighted by Crippen LogP contribution is 2.23. The first-order valence-electron chi connectivity index (χ1n) is 11.3. The van der Waals surface area contributed by atoms with Crippen LogP contribution in [0.1, 0.15) is 11.6 Å². The fraction of sp³-hybridized carbons (Fsp3) is 0.240. The van der Waals surface area contributed by atoms with Crippen LogP contribution in [-0.2, 0) is 19.6 Å². The van der Waals surface area contributed by atoms with E-state index < -0.39 is 0 Å². The van der Waals surface area contributed by atoms with E-state index >= 15 is 0 Å². The van der Waals surface area contributed by atoms with Gasteiger partial charge in [0.25, 0.3) is 11.8 Å². The van der Waals surface area contributed by atoms with E-state index in [9.17, 15) is 0 Å². The molecule has 0 saturated carbocycles. The Hall–Kier alpha value is -4.51. The summed E-state index contributed by atoms with van der Waals surface area (Å²) in [5, 5.41) is 12.6. The van der Waals surface area contributed by atoms with Gasteiger partial charge in [0.15, 0.2) is 11.6 Å². The van der Waals surface area contributed by atoms with Crippen molar-refractivity contribution in [2.24, 2.45) is 0 Å². The molecule has 0 aliphatic rings. The van der Waals surface area contributed by atoms with Crippen molar-refractivity contribution in [3.63, 3.8) is 0 Å².